The molecule has 1 amide bonds. The summed E-state index contributed by atoms with van der Waals surface area (Å²) >= 11 is 9.25. The van der Waals surface area contributed by atoms with E-state index < -0.39 is 0 Å². The zero-order valence-electron chi connectivity index (χ0n) is 12.1. The molecule has 0 saturated heterocycles. The average molecular weight is 392 g/mol. The van der Waals surface area contributed by atoms with Gasteiger partial charge in [0.15, 0.2) is 11.5 Å². The second-order valence-electron chi connectivity index (χ2n) is 5.00. The van der Waals surface area contributed by atoms with E-state index in [1.54, 1.807) is 18.2 Å². The van der Waals surface area contributed by atoms with Gasteiger partial charge < -0.3 is 9.84 Å². The Labute approximate surface area is 146 Å². The van der Waals surface area contributed by atoms with Gasteiger partial charge in [0.2, 0.25) is 0 Å². The molecule has 0 bridgehead atoms. The van der Waals surface area contributed by atoms with Crippen molar-refractivity contribution in [3.63, 3.8) is 0 Å². The number of aryl methyl sites for hydroxylation is 1. The van der Waals surface area contributed by atoms with Crippen LogP contribution in [0.2, 0.25) is 5.02 Å². The molecule has 0 fully saturated rings. The minimum Gasteiger partial charge on any atom is -0.355 e. The van der Waals surface area contributed by atoms with Crippen LogP contribution in [0.3, 0.4) is 0 Å². The fraction of sp³-hybridized carbons (Fsp3) is 0.0588. The molecule has 1 N–H and O–H groups in total. The lowest BCUT2D eigenvalue weighted by atomic mass is 10.1. The fourth-order valence-electron chi connectivity index (χ4n) is 2.09. The van der Waals surface area contributed by atoms with Crippen molar-refractivity contribution in [3.8, 4) is 11.3 Å². The van der Waals surface area contributed by atoms with Crippen LogP contribution in [0.25, 0.3) is 11.3 Å². The third kappa shape index (κ3) is 3.63. The monoisotopic (exact) mass is 390 g/mol. The number of rotatable bonds is 3. The summed E-state index contributed by atoms with van der Waals surface area (Å²) in [6, 6.07) is 14.4. The predicted octanol–water partition coefficient (Wildman–Crippen LogP) is 5.32. The maximum atomic E-state index is 12.3. The molecule has 0 radical (unpaired) electrons. The molecule has 1 heterocycles. The highest BCUT2D eigenvalue weighted by Crippen LogP contribution is 2.24. The van der Waals surface area contributed by atoms with Crippen molar-refractivity contribution >= 4 is 39.1 Å². The maximum Gasteiger partial charge on any atom is 0.277 e. The van der Waals surface area contributed by atoms with Gasteiger partial charge in [-0.25, -0.2) is 0 Å². The second-order valence-corrected chi connectivity index (χ2v) is 6.35. The predicted molar refractivity (Wildman–Crippen MR) is 93.8 cm³/mol. The summed E-state index contributed by atoms with van der Waals surface area (Å²) in [6.45, 7) is 1.92. The molecule has 6 heteroatoms. The first-order valence-electron chi connectivity index (χ1n) is 6.83. The molecule has 0 saturated carbocycles. The molecule has 4 nitrogen and oxygen atoms in total. The Kier molecular flexibility index (Phi) is 4.50. The van der Waals surface area contributed by atoms with Crippen molar-refractivity contribution in [3.05, 3.63) is 69.3 Å². The molecule has 0 spiro atoms. The van der Waals surface area contributed by atoms with Gasteiger partial charge in [-0.2, -0.15) is 0 Å². The van der Waals surface area contributed by atoms with Crippen LogP contribution in [0.1, 0.15) is 16.1 Å². The maximum absolute atomic E-state index is 12.3. The summed E-state index contributed by atoms with van der Waals surface area (Å²) in [5.74, 6) is 0.193. The number of amides is 1. The molecule has 0 aliphatic heterocycles. The summed E-state index contributed by atoms with van der Waals surface area (Å²) in [6.07, 6.45) is 0. The van der Waals surface area contributed by atoms with Crippen LogP contribution in [-0.4, -0.2) is 11.1 Å². The number of aromatic nitrogens is 1. The Hall–Kier alpha value is -2.11. The minimum atomic E-state index is -0.320. The normalized spacial score (nSPS) is 10.6. The van der Waals surface area contributed by atoms with Crippen molar-refractivity contribution in [1.82, 2.24) is 5.16 Å². The molecule has 0 aliphatic carbocycles. The van der Waals surface area contributed by atoms with Crippen molar-refractivity contribution < 1.29 is 9.32 Å². The average Bonchev–Trinajstić information content (AvgIpc) is 3.01. The van der Waals surface area contributed by atoms with Crippen molar-refractivity contribution in [2.45, 2.75) is 6.92 Å². The van der Waals surface area contributed by atoms with Crippen LogP contribution in [0.4, 0.5) is 5.69 Å². The molecule has 3 aromatic rings. The standard InChI is InChI=1S/C17H12BrClN2O2/c1-10-8-12(18)4-7-14(10)20-17(22)15-9-16(23-21-15)11-2-5-13(19)6-3-11/h2-9H,1H3,(H,20,22). The van der Waals surface area contributed by atoms with Gasteiger partial charge in [-0.15, -0.1) is 0 Å². The van der Waals surface area contributed by atoms with Crippen molar-refractivity contribution in [2.24, 2.45) is 0 Å². The first-order chi connectivity index (χ1) is 11.0. The molecule has 116 valence electrons. The van der Waals surface area contributed by atoms with Crippen molar-refractivity contribution in [2.75, 3.05) is 5.32 Å². The second kappa shape index (κ2) is 6.56. The fourth-order valence-corrected chi connectivity index (χ4v) is 2.69. The molecule has 0 unspecified atom stereocenters. The van der Waals surface area contributed by atoms with E-state index in [4.69, 9.17) is 16.1 Å². The summed E-state index contributed by atoms with van der Waals surface area (Å²) in [4.78, 5) is 12.3. The first kappa shape index (κ1) is 15.8. The molecular formula is C17H12BrClN2O2. The summed E-state index contributed by atoms with van der Waals surface area (Å²) in [5, 5.41) is 7.29. The number of nitrogens with one attached hydrogen (secondary N) is 1. The first-order valence-corrected chi connectivity index (χ1v) is 8.00. The van der Waals surface area contributed by atoms with Gasteiger partial charge in [-0.3, -0.25) is 4.79 Å². The van der Waals surface area contributed by atoms with E-state index in [0.717, 1.165) is 21.3 Å². The van der Waals surface area contributed by atoms with Crippen LogP contribution < -0.4 is 5.32 Å². The summed E-state index contributed by atoms with van der Waals surface area (Å²) < 4.78 is 6.20. The Bertz CT molecular complexity index is 859. The van der Waals surface area contributed by atoms with Gasteiger partial charge in [0, 0.05) is 26.8 Å². The van der Waals surface area contributed by atoms with Gasteiger partial charge >= 0.3 is 0 Å². The van der Waals surface area contributed by atoms with E-state index in [1.165, 1.54) is 0 Å². The smallest absolute Gasteiger partial charge is 0.277 e. The van der Waals surface area contributed by atoms with Crippen molar-refractivity contribution in [1.29, 1.82) is 0 Å². The number of halogens is 2. The van der Waals surface area contributed by atoms with E-state index in [-0.39, 0.29) is 11.6 Å². The Morgan fingerprint density at radius 3 is 2.61 bits per heavy atom. The Morgan fingerprint density at radius 2 is 1.91 bits per heavy atom. The summed E-state index contributed by atoms with van der Waals surface area (Å²) in [5.41, 5.74) is 2.71. The molecule has 0 aliphatic rings. The van der Waals surface area contributed by atoms with Gasteiger partial charge in [0.25, 0.3) is 5.91 Å². The summed E-state index contributed by atoms with van der Waals surface area (Å²) in [7, 11) is 0. The van der Waals surface area contributed by atoms with Crippen LogP contribution in [0.15, 0.2) is 57.5 Å². The van der Waals surface area contributed by atoms with Gasteiger partial charge in [0.05, 0.1) is 0 Å². The number of nitrogens with zero attached hydrogens (tertiary/aromatic N) is 1. The zero-order chi connectivity index (χ0) is 16.4. The Morgan fingerprint density at radius 1 is 1.17 bits per heavy atom. The van der Waals surface area contributed by atoms with E-state index >= 15 is 0 Å². The van der Waals surface area contributed by atoms with Gasteiger partial charge in [-0.05, 0) is 55.0 Å². The lowest BCUT2D eigenvalue weighted by molar-refractivity contribution is 0.101. The van der Waals surface area contributed by atoms with Crippen LogP contribution in [-0.2, 0) is 0 Å². The van der Waals surface area contributed by atoms with E-state index in [9.17, 15) is 4.79 Å². The molecule has 1 aromatic heterocycles. The minimum absolute atomic E-state index is 0.220. The molecule has 0 atom stereocenters. The number of carbonyl (C=O) groups excluding carboxylic acids is 1. The number of anilines is 1. The number of benzene rings is 2. The van der Waals surface area contributed by atoms with Crippen LogP contribution in [0.5, 0.6) is 0 Å². The molecule has 2 aromatic carbocycles. The van der Waals surface area contributed by atoms with Gasteiger partial charge in [-0.1, -0.05) is 32.7 Å². The third-order valence-corrected chi connectivity index (χ3v) is 4.05. The quantitative estimate of drug-likeness (QED) is 0.657. The Balaban J connectivity index is 1.79. The highest BCUT2D eigenvalue weighted by atomic mass is 79.9. The third-order valence-electron chi connectivity index (χ3n) is 3.31. The number of hydrogen-bond donors (Lipinski definition) is 1. The SMILES string of the molecule is Cc1cc(Br)ccc1NC(=O)c1cc(-c2ccc(Cl)cc2)on1. The lowest BCUT2D eigenvalue weighted by Gasteiger charge is -2.06. The number of carbonyl (C=O) groups is 1. The van der Waals surface area contributed by atoms with E-state index in [0.29, 0.717) is 10.8 Å². The van der Waals surface area contributed by atoms with E-state index in [1.807, 2.05) is 37.3 Å². The highest BCUT2D eigenvalue weighted by Gasteiger charge is 2.14. The molecule has 23 heavy (non-hydrogen) atoms. The zero-order valence-corrected chi connectivity index (χ0v) is 14.5. The lowest BCUT2D eigenvalue weighted by Crippen LogP contribution is -2.12. The topological polar surface area (TPSA) is 55.1 Å². The van der Waals surface area contributed by atoms with Crippen LogP contribution in [0, 0.1) is 6.92 Å². The molecule has 3 rings (SSSR count). The highest BCUT2D eigenvalue weighted by molar-refractivity contribution is 9.10. The largest absolute Gasteiger partial charge is 0.355 e. The van der Waals surface area contributed by atoms with Crippen LogP contribution >= 0.6 is 27.5 Å². The molecular weight excluding hydrogens is 380 g/mol. The van der Waals surface area contributed by atoms with E-state index in [2.05, 4.69) is 26.4 Å². The van der Waals surface area contributed by atoms with Gasteiger partial charge in [0.1, 0.15) is 0 Å². The number of hydrogen-bond acceptors (Lipinski definition) is 3.